The first kappa shape index (κ1) is 28.3. The van der Waals surface area contributed by atoms with E-state index in [4.69, 9.17) is 11.6 Å². The molecule has 0 saturated heterocycles. The van der Waals surface area contributed by atoms with Gasteiger partial charge in [-0.1, -0.05) is 103 Å². The van der Waals surface area contributed by atoms with E-state index in [2.05, 4.69) is 137 Å². The van der Waals surface area contributed by atoms with E-state index in [9.17, 15) is 0 Å². The molecule has 0 N–H and O–H groups in total. The van der Waals surface area contributed by atoms with Crippen LogP contribution in [0.25, 0.3) is 77.1 Å². The Bertz CT molecular complexity index is 2480. The Morgan fingerprint density at radius 1 is 0.521 bits per heavy atom. The molecular weight excluding hydrogens is 603 g/mol. The monoisotopic (exact) mass is 631 g/mol. The van der Waals surface area contributed by atoms with Gasteiger partial charge >= 0.3 is 0 Å². The number of fused-ring (bicyclic) bond motifs is 6. The summed E-state index contributed by atoms with van der Waals surface area (Å²) in [7, 11) is 0. The molecule has 1 aliphatic heterocycles. The standard InChI is InChI=1S/C44H29N3S/c1-45-35-18-21-44-40(25-35)38-14-8-9-15-43(38)47(44)36-19-16-32-27-48-28-34-22-31(17-20-37(34)39(32)26-36)33-23-41(29-10-4-2-5-11-29)46-42(24-33)30-12-6-3-7-13-30/h2-26H,27-28H2. The Morgan fingerprint density at radius 3 is 1.96 bits per heavy atom. The van der Waals surface area contributed by atoms with Crippen molar-refractivity contribution in [3.05, 3.63) is 174 Å². The first-order valence-electron chi connectivity index (χ1n) is 16.1. The van der Waals surface area contributed by atoms with Crippen molar-refractivity contribution in [3.63, 3.8) is 0 Å². The van der Waals surface area contributed by atoms with Crippen molar-refractivity contribution in [3.8, 4) is 50.5 Å². The fraction of sp³-hybridized carbons (Fsp3) is 0.0455. The summed E-state index contributed by atoms with van der Waals surface area (Å²) in [5.74, 6) is 1.91. The quantitative estimate of drug-likeness (QED) is 0.180. The lowest BCUT2D eigenvalue weighted by molar-refractivity contribution is 1.17. The molecule has 0 amide bonds. The minimum absolute atomic E-state index is 0.662. The molecule has 0 atom stereocenters. The summed E-state index contributed by atoms with van der Waals surface area (Å²) in [5, 5.41) is 2.27. The van der Waals surface area contributed by atoms with Crippen LogP contribution >= 0.6 is 11.8 Å². The smallest absolute Gasteiger partial charge is 0.188 e. The van der Waals surface area contributed by atoms with Crippen LogP contribution in [-0.2, 0) is 11.5 Å². The number of aromatic nitrogens is 2. The van der Waals surface area contributed by atoms with Gasteiger partial charge in [-0.05, 0) is 87.3 Å². The SMILES string of the molecule is [C-]#[N+]c1ccc2c(c1)c1ccccc1n2-c1ccc2c(c1)-c1ccc(-c3cc(-c4ccccc4)nc(-c4ccccc4)c3)cc1CSC2. The normalized spacial score (nSPS) is 12.3. The highest BCUT2D eigenvalue weighted by Gasteiger charge is 2.19. The number of hydrogen-bond donors (Lipinski definition) is 0. The zero-order chi connectivity index (χ0) is 32.0. The Labute approximate surface area is 284 Å². The van der Waals surface area contributed by atoms with E-state index in [1.165, 1.54) is 27.8 Å². The average Bonchev–Trinajstić information content (AvgIpc) is 3.37. The Balaban J connectivity index is 1.18. The largest absolute Gasteiger partial charge is 0.309 e. The maximum absolute atomic E-state index is 7.57. The summed E-state index contributed by atoms with van der Waals surface area (Å²) in [6.07, 6.45) is 0. The third-order valence-corrected chi connectivity index (χ3v) is 10.4. The molecule has 0 saturated carbocycles. The van der Waals surface area contributed by atoms with Crippen molar-refractivity contribution < 1.29 is 0 Å². The third kappa shape index (κ3) is 4.88. The number of hydrogen-bond acceptors (Lipinski definition) is 2. The molecule has 1 aliphatic rings. The van der Waals surface area contributed by atoms with Gasteiger partial charge in [-0.2, -0.15) is 11.8 Å². The van der Waals surface area contributed by atoms with Gasteiger partial charge in [0.2, 0.25) is 0 Å². The predicted octanol–water partition coefficient (Wildman–Crippen LogP) is 12.1. The third-order valence-electron chi connectivity index (χ3n) is 9.35. The number of rotatable bonds is 4. The summed E-state index contributed by atoms with van der Waals surface area (Å²) in [5.41, 5.74) is 15.9. The second-order valence-corrected chi connectivity index (χ2v) is 13.2. The van der Waals surface area contributed by atoms with Crippen LogP contribution in [0.4, 0.5) is 5.69 Å². The second kappa shape index (κ2) is 11.7. The fourth-order valence-electron chi connectivity index (χ4n) is 7.03. The summed E-state index contributed by atoms with van der Waals surface area (Å²) in [4.78, 5) is 8.80. The van der Waals surface area contributed by atoms with E-state index in [-0.39, 0.29) is 0 Å². The van der Waals surface area contributed by atoms with Crippen molar-refractivity contribution in [1.29, 1.82) is 0 Å². The lowest BCUT2D eigenvalue weighted by Crippen LogP contribution is -1.97. The van der Waals surface area contributed by atoms with Crippen LogP contribution in [-0.4, -0.2) is 9.55 Å². The van der Waals surface area contributed by atoms with Gasteiger partial charge in [-0.25, -0.2) is 9.83 Å². The fourth-order valence-corrected chi connectivity index (χ4v) is 8.06. The Hall–Kier alpha value is -5.89. The maximum Gasteiger partial charge on any atom is 0.188 e. The lowest BCUT2D eigenvalue weighted by Gasteiger charge is -2.15. The summed E-state index contributed by atoms with van der Waals surface area (Å²) in [6, 6.07) is 53.8. The highest BCUT2D eigenvalue weighted by Crippen LogP contribution is 2.41. The van der Waals surface area contributed by atoms with Crippen molar-refractivity contribution in [1.82, 2.24) is 9.55 Å². The van der Waals surface area contributed by atoms with Gasteiger partial charge in [-0.15, -0.1) is 0 Å². The van der Waals surface area contributed by atoms with Crippen LogP contribution < -0.4 is 0 Å². The van der Waals surface area contributed by atoms with Crippen molar-refractivity contribution in [2.75, 3.05) is 0 Å². The minimum Gasteiger partial charge on any atom is -0.309 e. The van der Waals surface area contributed by atoms with E-state index in [0.717, 1.165) is 67.1 Å². The molecule has 8 aromatic rings. The Kier molecular flexibility index (Phi) is 6.92. The van der Waals surface area contributed by atoms with Gasteiger partial charge in [-0.3, -0.25) is 0 Å². The van der Waals surface area contributed by atoms with E-state index < -0.39 is 0 Å². The molecule has 3 heterocycles. The van der Waals surface area contributed by atoms with Crippen molar-refractivity contribution in [2.24, 2.45) is 0 Å². The zero-order valence-corrected chi connectivity index (χ0v) is 26.9. The topological polar surface area (TPSA) is 22.2 Å². The van der Waals surface area contributed by atoms with Crippen LogP contribution in [0.3, 0.4) is 0 Å². The van der Waals surface area contributed by atoms with Crippen LogP contribution in [0, 0.1) is 6.57 Å². The van der Waals surface area contributed by atoms with Crippen LogP contribution in [0.5, 0.6) is 0 Å². The maximum atomic E-state index is 7.57. The first-order valence-corrected chi connectivity index (χ1v) is 17.3. The predicted molar refractivity (Wildman–Crippen MR) is 202 cm³/mol. The molecule has 9 rings (SSSR count). The Morgan fingerprint density at radius 2 is 1.21 bits per heavy atom. The first-order chi connectivity index (χ1) is 23.7. The molecule has 6 aromatic carbocycles. The number of thioether (sulfide) groups is 1. The van der Waals surface area contributed by atoms with Gasteiger partial charge in [0.1, 0.15) is 0 Å². The van der Waals surface area contributed by atoms with Gasteiger partial charge in [0.15, 0.2) is 5.69 Å². The molecule has 0 spiro atoms. The van der Waals surface area contributed by atoms with E-state index in [1.54, 1.807) is 0 Å². The van der Waals surface area contributed by atoms with Crippen molar-refractivity contribution in [2.45, 2.75) is 11.5 Å². The number of para-hydroxylation sites is 1. The van der Waals surface area contributed by atoms with Gasteiger partial charge in [0.05, 0.1) is 29.0 Å². The number of nitrogens with zero attached hydrogens (tertiary/aromatic N) is 3. The number of benzene rings is 6. The minimum atomic E-state index is 0.662. The molecule has 0 aliphatic carbocycles. The highest BCUT2D eigenvalue weighted by molar-refractivity contribution is 7.97. The summed E-state index contributed by atoms with van der Waals surface area (Å²) < 4.78 is 2.35. The van der Waals surface area contributed by atoms with E-state index >= 15 is 0 Å². The van der Waals surface area contributed by atoms with E-state index in [1.807, 2.05) is 36.0 Å². The van der Waals surface area contributed by atoms with Crippen LogP contribution in [0.2, 0.25) is 0 Å². The zero-order valence-electron chi connectivity index (χ0n) is 26.1. The van der Waals surface area contributed by atoms with Gasteiger partial charge in [0, 0.05) is 33.7 Å². The molecule has 0 unspecified atom stereocenters. The summed E-state index contributed by atoms with van der Waals surface area (Å²) >= 11 is 1.97. The van der Waals surface area contributed by atoms with Crippen LogP contribution in [0.15, 0.2) is 152 Å². The molecule has 3 nitrogen and oxygen atoms in total. The summed E-state index contributed by atoms with van der Waals surface area (Å²) in [6.45, 7) is 7.57. The molecule has 0 radical (unpaired) electrons. The molecular formula is C44H29N3S. The molecule has 2 aromatic heterocycles. The molecule has 0 fully saturated rings. The second-order valence-electron chi connectivity index (χ2n) is 12.2. The molecule has 48 heavy (non-hydrogen) atoms. The highest BCUT2D eigenvalue weighted by atomic mass is 32.2. The van der Waals surface area contributed by atoms with Gasteiger partial charge < -0.3 is 4.57 Å². The number of pyridine rings is 1. The van der Waals surface area contributed by atoms with Crippen molar-refractivity contribution >= 4 is 39.3 Å². The molecule has 0 bridgehead atoms. The lowest BCUT2D eigenvalue weighted by atomic mass is 9.92. The molecule has 4 heteroatoms. The van der Waals surface area contributed by atoms with E-state index in [0.29, 0.717) is 5.69 Å². The van der Waals surface area contributed by atoms with Crippen LogP contribution in [0.1, 0.15) is 11.1 Å². The van der Waals surface area contributed by atoms with Gasteiger partial charge in [0.25, 0.3) is 0 Å². The molecule has 226 valence electrons. The average molecular weight is 632 g/mol.